The molecule has 1 rings (SSSR count). The van der Waals surface area contributed by atoms with Crippen molar-refractivity contribution in [1.82, 2.24) is 16.0 Å². The van der Waals surface area contributed by atoms with Crippen molar-refractivity contribution in [2.45, 2.75) is 56.8 Å². The number of hydrogen-bond donors (Lipinski definition) is 7. The number of carbonyl (C=O) groups excluding carboxylic acids is 3. The van der Waals surface area contributed by atoms with Crippen LogP contribution in [0.2, 0.25) is 0 Å². The van der Waals surface area contributed by atoms with Crippen molar-refractivity contribution in [3.8, 4) is 0 Å². The minimum atomic E-state index is -1.22. The van der Waals surface area contributed by atoms with Crippen LogP contribution in [0.5, 0.6) is 0 Å². The smallest absolute Gasteiger partial charge is 0.322 e. The average molecular weight is 452 g/mol. The molecule has 9 N–H and O–H groups in total. The molecule has 0 aliphatic heterocycles. The van der Waals surface area contributed by atoms with Gasteiger partial charge in [0.05, 0.1) is 6.10 Å². The van der Waals surface area contributed by atoms with E-state index in [1.807, 2.05) is 0 Å². The van der Waals surface area contributed by atoms with E-state index in [9.17, 15) is 24.3 Å². The van der Waals surface area contributed by atoms with Gasteiger partial charge in [-0.1, -0.05) is 30.3 Å². The highest BCUT2D eigenvalue weighted by Gasteiger charge is 2.29. The predicted molar refractivity (Wildman–Crippen MR) is 117 cm³/mol. The number of hydrogen-bond acceptors (Lipinski definition) is 7. The maximum absolute atomic E-state index is 13.0. The van der Waals surface area contributed by atoms with Gasteiger partial charge in [0.1, 0.15) is 24.7 Å². The first-order valence-electron chi connectivity index (χ1n) is 10.4. The lowest BCUT2D eigenvalue weighted by molar-refractivity contribution is -0.138. The Morgan fingerprint density at radius 3 is 2.16 bits per heavy atom. The van der Waals surface area contributed by atoms with Gasteiger partial charge in [-0.25, -0.2) is 0 Å². The predicted octanol–water partition coefficient (Wildman–Crippen LogP) is -1.76. The quantitative estimate of drug-likeness (QED) is 0.161. The van der Waals surface area contributed by atoms with E-state index in [2.05, 4.69) is 16.0 Å². The van der Waals surface area contributed by atoms with Gasteiger partial charge in [0, 0.05) is 6.42 Å². The van der Waals surface area contributed by atoms with Crippen molar-refractivity contribution in [1.29, 1.82) is 0 Å². The molecule has 1 aromatic carbocycles. The molecule has 4 atom stereocenters. The van der Waals surface area contributed by atoms with Gasteiger partial charge in [-0.3, -0.25) is 19.2 Å². The van der Waals surface area contributed by atoms with Gasteiger partial charge >= 0.3 is 5.97 Å². The number of nitrogens with two attached hydrogens (primary N) is 2. The Labute approximate surface area is 186 Å². The summed E-state index contributed by atoms with van der Waals surface area (Å²) in [6.07, 6.45) is 0.405. The van der Waals surface area contributed by atoms with Crippen LogP contribution < -0.4 is 27.4 Å². The number of aliphatic hydroxyl groups excluding tert-OH is 1. The van der Waals surface area contributed by atoms with Crippen LogP contribution in [0.3, 0.4) is 0 Å². The molecule has 11 nitrogen and oxygen atoms in total. The fourth-order valence-electron chi connectivity index (χ4n) is 2.87. The van der Waals surface area contributed by atoms with Gasteiger partial charge in [-0.05, 0) is 38.3 Å². The molecule has 3 amide bonds. The Morgan fingerprint density at radius 2 is 1.59 bits per heavy atom. The van der Waals surface area contributed by atoms with Crippen molar-refractivity contribution in [2.75, 3.05) is 13.1 Å². The molecule has 178 valence electrons. The molecule has 4 unspecified atom stereocenters. The van der Waals surface area contributed by atoms with E-state index < -0.39 is 54.5 Å². The van der Waals surface area contributed by atoms with Crippen LogP contribution in [-0.4, -0.2) is 71.2 Å². The number of carbonyl (C=O) groups is 4. The van der Waals surface area contributed by atoms with Gasteiger partial charge in [-0.15, -0.1) is 0 Å². The monoisotopic (exact) mass is 451 g/mol. The molecule has 0 radical (unpaired) electrons. The second kappa shape index (κ2) is 14.1. The minimum Gasteiger partial charge on any atom is -0.480 e. The Kier molecular flexibility index (Phi) is 11.9. The fourth-order valence-corrected chi connectivity index (χ4v) is 2.87. The highest BCUT2D eigenvalue weighted by Crippen LogP contribution is 2.07. The van der Waals surface area contributed by atoms with E-state index in [1.165, 1.54) is 6.92 Å². The summed E-state index contributed by atoms with van der Waals surface area (Å²) in [5.41, 5.74) is 11.9. The highest BCUT2D eigenvalue weighted by atomic mass is 16.4. The summed E-state index contributed by atoms with van der Waals surface area (Å²) in [5, 5.41) is 25.7. The molecular formula is C21H33N5O6. The summed E-state index contributed by atoms with van der Waals surface area (Å²) >= 11 is 0. The number of carboxylic acids is 1. The van der Waals surface area contributed by atoms with Gasteiger partial charge in [0.25, 0.3) is 0 Å². The zero-order valence-electron chi connectivity index (χ0n) is 18.1. The maximum Gasteiger partial charge on any atom is 0.322 e. The number of benzene rings is 1. The van der Waals surface area contributed by atoms with E-state index in [0.29, 0.717) is 19.4 Å². The van der Waals surface area contributed by atoms with Crippen LogP contribution in [0.25, 0.3) is 0 Å². The summed E-state index contributed by atoms with van der Waals surface area (Å²) in [6.45, 7) is 1.17. The molecule has 1 aromatic rings. The molecule has 0 bridgehead atoms. The molecule has 0 aromatic heterocycles. The van der Waals surface area contributed by atoms with Gasteiger partial charge in [0.15, 0.2) is 0 Å². The third kappa shape index (κ3) is 9.86. The fraction of sp³-hybridized carbons (Fsp3) is 0.524. The number of aliphatic hydroxyl groups is 1. The molecule has 0 fully saturated rings. The Hall–Kier alpha value is -3.02. The first kappa shape index (κ1) is 27.0. The minimum absolute atomic E-state index is 0.120. The number of rotatable bonds is 14. The van der Waals surface area contributed by atoms with Crippen molar-refractivity contribution >= 4 is 23.7 Å². The number of amides is 3. The van der Waals surface area contributed by atoms with Gasteiger partial charge < -0.3 is 37.6 Å². The van der Waals surface area contributed by atoms with E-state index >= 15 is 0 Å². The first-order valence-corrected chi connectivity index (χ1v) is 10.4. The van der Waals surface area contributed by atoms with E-state index in [4.69, 9.17) is 16.6 Å². The van der Waals surface area contributed by atoms with Crippen molar-refractivity contribution in [3.05, 3.63) is 35.9 Å². The number of carboxylic acid groups (broad SMARTS) is 1. The van der Waals surface area contributed by atoms with Gasteiger partial charge in [0.2, 0.25) is 17.7 Å². The average Bonchev–Trinajstić information content (AvgIpc) is 2.76. The molecule has 0 heterocycles. The van der Waals surface area contributed by atoms with E-state index in [1.54, 1.807) is 30.3 Å². The highest BCUT2D eigenvalue weighted by molar-refractivity contribution is 5.93. The summed E-state index contributed by atoms with van der Waals surface area (Å²) < 4.78 is 0. The van der Waals surface area contributed by atoms with Crippen molar-refractivity contribution in [2.24, 2.45) is 11.5 Å². The zero-order valence-corrected chi connectivity index (χ0v) is 18.1. The second-order valence-electron chi connectivity index (χ2n) is 7.47. The number of nitrogens with one attached hydrogen (secondary N) is 3. The summed E-state index contributed by atoms with van der Waals surface area (Å²) in [4.78, 5) is 48.6. The summed E-state index contributed by atoms with van der Waals surface area (Å²) in [6, 6.07) is 5.59. The molecule has 11 heteroatoms. The Balaban J connectivity index is 2.98. The Bertz CT molecular complexity index is 758. The molecule has 32 heavy (non-hydrogen) atoms. The first-order chi connectivity index (χ1) is 15.1. The second-order valence-corrected chi connectivity index (χ2v) is 7.47. The van der Waals surface area contributed by atoms with Crippen LogP contribution >= 0.6 is 0 Å². The topological polar surface area (TPSA) is 197 Å². The number of unbranched alkanes of at least 4 members (excludes halogenated alkanes) is 1. The number of aliphatic carboxylic acids is 1. The molecule has 0 aliphatic carbocycles. The van der Waals surface area contributed by atoms with Crippen LogP contribution in [0.15, 0.2) is 30.3 Å². The van der Waals surface area contributed by atoms with Crippen LogP contribution in [-0.2, 0) is 25.6 Å². The van der Waals surface area contributed by atoms with Crippen molar-refractivity contribution < 1.29 is 29.4 Å². The lowest BCUT2D eigenvalue weighted by Crippen LogP contribution is -2.57. The summed E-state index contributed by atoms with van der Waals surface area (Å²) in [7, 11) is 0. The van der Waals surface area contributed by atoms with E-state index in [0.717, 1.165) is 5.56 Å². The molecule has 0 spiro atoms. The van der Waals surface area contributed by atoms with Gasteiger partial charge in [-0.2, -0.15) is 0 Å². The molecule has 0 saturated carbocycles. The lowest BCUT2D eigenvalue weighted by atomic mass is 10.0. The SMILES string of the molecule is CC(O)C(N)C(=O)NC(CCCCN)C(=O)NC(Cc1ccccc1)C(=O)NCC(=O)O. The normalized spacial score (nSPS) is 14.5. The largest absolute Gasteiger partial charge is 0.480 e. The third-order valence-electron chi connectivity index (χ3n) is 4.73. The van der Waals surface area contributed by atoms with E-state index in [-0.39, 0.29) is 12.8 Å². The molecule has 0 saturated heterocycles. The van der Waals surface area contributed by atoms with Crippen LogP contribution in [0.1, 0.15) is 31.7 Å². The maximum atomic E-state index is 13.0. The summed E-state index contributed by atoms with van der Waals surface area (Å²) in [5.74, 6) is -3.22. The lowest BCUT2D eigenvalue weighted by Gasteiger charge is -2.24. The Morgan fingerprint density at radius 1 is 0.969 bits per heavy atom. The standard InChI is InChI=1S/C21H33N5O6/c1-13(27)18(23)21(32)25-15(9-5-6-10-22)20(31)26-16(19(30)24-12-17(28)29)11-14-7-3-2-4-8-14/h2-4,7-8,13,15-16,18,27H,5-6,9-12,22-23H2,1H3,(H,24,30)(H,25,32)(H,26,31)(H,28,29). The molecule has 0 aliphatic rings. The van der Waals surface area contributed by atoms with Crippen LogP contribution in [0.4, 0.5) is 0 Å². The molecular weight excluding hydrogens is 418 g/mol. The van der Waals surface area contributed by atoms with Crippen LogP contribution in [0, 0.1) is 0 Å². The van der Waals surface area contributed by atoms with Crippen molar-refractivity contribution in [3.63, 3.8) is 0 Å². The third-order valence-corrected chi connectivity index (χ3v) is 4.73. The zero-order chi connectivity index (χ0) is 24.1.